The highest BCUT2D eigenvalue weighted by Crippen LogP contribution is 2.30. The lowest BCUT2D eigenvalue weighted by molar-refractivity contribution is 0.599. The third kappa shape index (κ3) is 3.95. The monoisotopic (exact) mass is 440 g/mol. The van der Waals surface area contributed by atoms with Crippen molar-refractivity contribution < 1.29 is 16.8 Å². The first-order valence-electron chi connectivity index (χ1n) is 8.74. The molecule has 0 bridgehead atoms. The average molecular weight is 441 g/mol. The van der Waals surface area contributed by atoms with Crippen LogP contribution in [0.4, 0.5) is 11.4 Å². The molecule has 0 saturated carbocycles. The summed E-state index contributed by atoms with van der Waals surface area (Å²) in [5.41, 5.74) is 0.605. The molecule has 2 N–H and O–H groups in total. The van der Waals surface area contributed by atoms with Crippen LogP contribution in [0.25, 0.3) is 10.8 Å². The summed E-state index contributed by atoms with van der Waals surface area (Å²) in [7, 11) is -7.95. The zero-order valence-corrected chi connectivity index (χ0v) is 17.1. The number of nitrogens with one attached hydrogen (secondary N) is 2. The highest BCUT2D eigenvalue weighted by atomic mass is 32.2. The molecule has 30 heavy (non-hydrogen) atoms. The quantitative estimate of drug-likeness (QED) is 0.475. The maximum Gasteiger partial charge on any atom is 0.262 e. The summed E-state index contributed by atoms with van der Waals surface area (Å²) in [5.74, 6) is 0. The molecule has 2 aromatic heterocycles. The van der Waals surface area contributed by atoms with Gasteiger partial charge >= 0.3 is 0 Å². The van der Waals surface area contributed by atoms with E-state index < -0.39 is 20.0 Å². The topological polar surface area (TPSA) is 118 Å². The average Bonchev–Trinajstić information content (AvgIpc) is 2.73. The van der Waals surface area contributed by atoms with Crippen LogP contribution < -0.4 is 9.44 Å². The normalized spacial score (nSPS) is 11.9. The van der Waals surface area contributed by atoms with Crippen molar-refractivity contribution in [1.82, 2.24) is 9.97 Å². The molecule has 2 aromatic carbocycles. The van der Waals surface area contributed by atoms with Gasteiger partial charge in [-0.05, 0) is 36.4 Å². The minimum absolute atomic E-state index is 0.0396. The van der Waals surface area contributed by atoms with E-state index >= 15 is 0 Å². The largest absolute Gasteiger partial charge is 0.278 e. The van der Waals surface area contributed by atoms with Crippen LogP contribution in [0.3, 0.4) is 0 Å². The van der Waals surface area contributed by atoms with Crippen LogP contribution in [-0.4, -0.2) is 26.8 Å². The number of nitrogens with zero attached hydrogens (tertiary/aromatic N) is 2. The van der Waals surface area contributed by atoms with Gasteiger partial charge in [0.15, 0.2) is 0 Å². The van der Waals surface area contributed by atoms with Crippen molar-refractivity contribution in [3.63, 3.8) is 0 Å². The fraction of sp³-hybridized carbons (Fsp3) is 0. The molecule has 10 heteroatoms. The van der Waals surface area contributed by atoms with E-state index in [9.17, 15) is 16.8 Å². The molecule has 4 rings (SSSR count). The Hall–Kier alpha value is -3.50. The molecule has 4 aromatic rings. The van der Waals surface area contributed by atoms with E-state index in [-0.39, 0.29) is 20.6 Å². The van der Waals surface area contributed by atoms with E-state index in [4.69, 9.17) is 0 Å². The second-order valence-corrected chi connectivity index (χ2v) is 9.60. The van der Waals surface area contributed by atoms with Crippen LogP contribution in [0.1, 0.15) is 0 Å². The maximum absolute atomic E-state index is 13.0. The summed E-state index contributed by atoms with van der Waals surface area (Å²) in [4.78, 5) is 7.70. The second-order valence-electron chi connectivity index (χ2n) is 6.30. The lowest BCUT2D eigenvalue weighted by Crippen LogP contribution is -2.15. The van der Waals surface area contributed by atoms with Gasteiger partial charge in [-0.15, -0.1) is 0 Å². The van der Waals surface area contributed by atoms with Crippen molar-refractivity contribution in [2.75, 3.05) is 9.44 Å². The molecular weight excluding hydrogens is 424 g/mol. The third-order valence-corrected chi connectivity index (χ3v) is 7.13. The predicted octanol–water partition coefficient (Wildman–Crippen LogP) is 3.23. The van der Waals surface area contributed by atoms with Gasteiger partial charge in [-0.3, -0.25) is 19.4 Å². The Morgan fingerprint density at radius 1 is 0.567 bits per heavy atom. The van der Waals surface area contributed by atoms with E-state index in [2.05, 4.69) is 19.4 Å². The number of pyridine rings is 2. The van der Waals surface area contributed by atoms with Crippen LogP contribution >= 0.6 is 0 Å². The predicted molar refractivity (Wildman–Crippen MR) is 114 cm³/mol. The first-order valence-corrected chi connectivity index (χ1v) is 11.7. The SMILES string of the molecule is O=S(=O)(Nc1cccnc1)c1cccc2c(S(=O)(=O)Nc3cccnc3)cccc12. The Morgan fingerprint density at radius 2 is 1.00 bits per heavy atom. The van der Waals surface area contributed by atoms with E-state index in [1.807, 2.05) is 0 Å². The zero-order chi connectivity index (χ0) is 21.2. The van der Waals surface area contributed by atoms with E-state index in [0.717, 1.165) is 0 Å². The number of hydrogen-bond acceptors (Lipinski definition) is 6. The van der Waals surface area contributed by atoms with Crippen molar-refractivity contribution in [1.29, 1.82) is 0 Å². The number of hydrogen-bond donors (Lipinski definition) is 2. The molecule has 0 saturated heterocycles. The number of rotatable bonds is 6. The van der Waals surface area contributed by atoms with Crippen LogP contribution in [0.2, 0.25) is 0 Å². The molecule has 0 fully saturated rings. The molecule has 2 heterocycles. The van der Waals surface area contributed by atoms with Crippen LogP contribution in [0.15, 0.2) is 95.2 Å². The Morgan fingerprint density at radius 3 is 1.37 bits per heavy atom. The summed E-state index contributed by atoms with van der Waals surface area (Å²) >= 11 is 0. The van der Waals surface area contributed by atoms with Gasteiger partial charge in [0.2, 0.25) is 0 Å². The molecule has 0 radical (unpaired) electrons. The van der Waals surface area contributed by atoms with E-state index in [0.29, 0.717) is 11.4 Å². The van der Waals surface area contributed by atoms with Gasteiger partial charge in [-0.25, -0.2) is 16.8 Å². The van der Waals surface area contributed by atoms with Gasteiger partial charge in [0, 0.05) is 23.2 Å². The Labute approximate surface area is 173 Å². The molecular formula is C20H16N4O4S2. The Kier molecular flexibility index (Phi) is 5.10. The van der Waals surface area contributed by atoms with E-state index in [1.165, 1.54) is 49.1 Å². The first-order chi connectivity index (χ1) is 14.4. The summed E-state index contributed by atoms with van der Waals surface area (Å²) in [6.07, 6.45) is 5.83. The van der Waals surface area contributed by atoms with Crippen molar-refractivity contribution in [3.05, 3.63) is 85.5 Å². The van der Waals surface area contributed by atoms with Gasteiger partial charge in [0.25, 0.3) is 20.0 Å². The standard InChI is InChI=1S/C20H16N4O4S2/c25-29(26,23-15-5-3-11-21-13-15)19-9-1-7-17-18(19)8-2-10-20(17)30(27,28)24-16-6-4-12-22-14-16/h1-14,23-24H. The molecule has 8 nitrogen and oxygen atoms in total. The molecule has 0 aliphatic carbocycles. The van der Waals surface area contributed by atoms with Crippen molar-refractivity contribution in [2.45, 2.75) is 9.79 Å². The highest BCUT2D eigenvalue weighted by molar-refractivity contribution is 7.93. The number of aromatic nitrogens is 2. The van der Waals surface area contributed by atoms with Crippen LogP contribution in [0.5, 0.6) is 0 Å². The van der Waals surface area contributed by atoms with Crippen molar-refractivity contribution in [2.24, 2.45) is 0 Å². The second kappa shape index (κ2) is 7.73. The van der Waals surface area contributed by atoms with E-state index in [1.54, 1.807) is 36.4 Å². The Bertz CT molecular complexity index is 1300. The smallest absolute Gasteiger partial charge is 0.262 e. The van der Waals surface area contributed by atoms with Gasteiger partial charge in [0.1, 0.15) is 0 Å². The number of benzene rings is 2. The van der Waals surface area contributed by atoms with Gasteiger partial charge in [-0.2, -0.15) is 0 Å². The molecule has 0 spiro atoms. The fourth-order valence-corrected chi connectivity index (χ4v) is 5.52. The summed E-state index contributed by atoms with van der Waals surface area (Å²) < 4.78 is 56.7. The summed E-state index contributed by atoms with van der Waals surface area (Å²) in [6, 6.07) is 15.3. The zero-order valence-electron chi connectivity index (χ0n) is 15.4. The van der Waals surface area contributed by atoms with Crippen molar-refractivity contribution >= 4 is 42.2 Å². The lowest BCUT2D eigenvalue weighted by Gasteiger charge is -2.13. The number of fused-ring (bicyclic) bond motifs is 1. The van der Waals surface area contributed by atoms with Gasteiger partial charge < -0.3 is 0 Å². The minimum atomic E-state index is -3.98. The van der Waals surface area contributed by atoms with Gasteiger partial charge in [0.05, 0.1) is 33.6 Å². The summed E-state index contributed by atoms with van der Waals surface area (Å²) in [5, 5.41) is 0.561. The molecule has 0 aliphatic rings. The van der Waals surface area contributed by atoms with Crippen LogP contribution in [-0.2, 0) is 20.0 Å². The maximum atomic E-state index is 13.0. The first kappa shape index (κ1) is 19.8. The third-order valence-electron chi connectivity index (χ3n) is 4.25. The minimum Gasteiger partial charge on any atom is -0.278 e. The summed E-state index contributed by atoms with van der Waals surface area (Å²) in [6.45, 7) is 0. The fourth-order valence-electron chi connectivity index (χ4n) is 2.99. The highest BCUT2D eigenvalue weighted by Gasteiger charge is 2.22. The molecule has 0 atom stereocenters. The molecule has 0 aliphatic heterocycles. The number of sulfonamides is 2. The molecule has 0 amide bonds. The van der Waals surface area contributed by atoms with Crippen LogP contribution in [0, 0.1) is 0 Å². The lowest BCUT2D eigenvalue weighted by atomic mass is 10.1. The van der Waals surface area contributed by atoms with Crippen molar-refractivity contribution in [3.8, 4) is 0 Å². The number of anilines is 2. The Balaban J connectivity index is 1.80. The molecule has 0 unspecified atom stereocenters. The molecule has 152 valence electrons. The van der Waals surface area contributed by atoms with Gasteiger partial charge in [-0.1, -0.05) is 24.3 Å².